The Bertz CT molecular complexity index is 1230. The predicted molar refractivity (Wildman–Crippen MR) is 110 cm³/mol. The van der Waals surface area contributed by atoms with Crippen molar-refractivity contribution in [1.82, 2.24) is 10.5 Å². The highest BCUT2D eigenvalue weighted by Crippen LogP contribution is 2.32. The molecule has 0 spiro atoms. The largest absolute Gasteiger partial charge is 0.366 e. The zero-order chi connectivity index (χ0) is 20.4. The van der Waals surface area contributed by atoms with E-state index in [0.717, 1.165) is 16.7 Å². The second-order valence-electron chi connectivity index (χ2n) is 6.78. The minimum atomic E-state index is -0.551. The molecule has 2 amide bonds. The summed E-state index contributed by atoms with van der Waals surface area (Å²) in [7, 11) is 0. The Morgan fingerprint density at radius 2 is 1.83 bits per heavy atom. The number of hydrogen-bond donors (Lipinski definition) is 2. The van der Waals surface area contributed by atoms with E-state index in [0.29, 0.717) is 34.3 Å². The van der Waals surface area contributed by atoms with Crippen molar-refractivity contribution < 1.29 is 14.1 Å². The van der Waals surface area contributed by atoms with Gasteiger partial charge in [-0.05, 0) is 36.8 Å². The third kappa shape index (κ3) is 3.60. The number of rotatable bonds is 5. The molecular formula is C23H19N3O3. The molecule has 0 aliphatic carbocycles. The molecule has 4 rings (SSSR count). The number of primary amides is 1. The first-order chi connectivity index (χ1) is 14.0. The van der Waals surface area contributed by atoms with Gasteiger partial charge in [-0.2, -0.15) is 0 Å². The van der Waals surface area contributed by atoms with Crippen LogP contribution in [0.3, 0.4) is 0 Å². The third-order valence-corrected chi connectivity index (χ3v) is 4.76. The molecule has 1 heterocycles. The summed E-state index contributed by atoms with van der Waals surface area (Å²) in [5, 5.41) is 7.68. The van der Waals surface area contributed by atoms with Gasteiger partial charge < -0.3 is 15.6 Å². The number of nitrogens with one attached hydrogen (secondary N) is 1. The van der Waals surface area contributed by atoms with Crippen LogP contribution in [0.2, 0.25) is 0 Å². The maximum atomic E-state index is 12.5. The van der Waals surface area contributed by atoms with Crippen molar-refractivity contribution in [1.29, 1.82) is 0 Å². The van der Waals surface area contributed by atoms with E-state index in [1.807, 2.05) is 49.4 Å². The number of amides is 2. The summed E-state index contributed by atoms with van der Waals surface area (Å²) in [6.45, 7) is 2.24. The summed E-state index contributed by atoms with van der Waals surface area (Å²) < 4.78 is 5.41. The molecule has 3 aromatic carbocycles. The van der Waals surface area contributed by atoms with Gasteiger partial charge in [0.15, 0.2) is 5.58 Å². The van der Waals surface area contributed by atoms with Crippen LogP contribution in [0.5, 0.6) is 0 Å². The minimum absolute atomic E-state index is 0.161. The van der Waals surface area contributed by atoms with Gasteiger partial charge in [0, 0.05) is 17.7 Å². The van der Waals surface area contributed by atoms with E-state index in [9.17, 15) is 9.59 Å². The second-order valence-corrected chi connectivity index (χ2v) is 6.78. The molecule has 0 atom stereocenters. The average molecular weight is 385 g/mol. The lowest BCUT2D eigenvalue weighted by molar-refractivity contribution is 0.0949. The van der Waals surface area contributed by atoms with Crippen molar-refractivity contribution in [3.05, 3.63) is 89.0 Å². The van der Waals surface area contributed by atoms with Crippen LogP contribution in [-0.4, -0.2) is 17.0 Å². The number of aryl methyl sites for hydroxylation is 1. The number of carbonyl (C=O) groups excluding carboxylic acids is 2. The monoisotopic (exact) mass is 385 g/mol. The van der Waals surface area contributed by atoms with Crippen molar-refractivity contribution in [3.8, 4) is 11.3 Å². The summed E-state index contributed by atoms with van der Waals surface area (Å²) in [4.78, 5) is 24.4. The molecule has 0 unspecified atom stereocenters. The number of fused-ring (bicyclic) bond motifs is 1. The summed E-state index contributed by atoms with van der Waals surface area (Å²) >= 11 is 0. The summed E-state index contributed by atoms with van der Waals surface area (Å²) in [6, 6.07) is 20.0. The number of hydrogen-bond acceptors (Lipinski definition) is 4. The Balaban J connectivity index is 1.69. The van der Waals surface area contributed by atoms with Crippen LogP contribution in [0.4, 0.5) is 0 Å². The summed E-state index contributed by atoms with van der Waals surface area (Å²) in [6.07, 6.45) is 0. The van der Waals surface area contributed by atoms with Gasteiger partial charge in [0.2, 0.25) is 5.91 Å². The molecule has 0 aliphatic heterocycles. The molecule has 144 valence electrons. The molecule has 3 N–H and O–H groups in total. The van der Waals surface area contributed by atoms with E-state index in [1.165, 1.54) is 0 Å². The maximum absolute atomic E-state index is 12.5. The second kappa shape index (κ2) is 7.59. The number of nitrogens with zero attached hydrogens (tertiary/aromatic N) is 1. The van der Waals surface area contributed by atoms with Gasteiger partial charge in [-0.25, -0.2) is 0 Å². The Kier molecular flexibility index (Phi) is 4.83. The Morgan fingerprint density at radius 1 is 1.03 bits per heavy atom. The van der Waals surface area contributed by atoms with Crippen LogP contribution < -0.4 is 11.1 Å². The lowest BCUT2D eigenvalue weighted by atomic mass is 9.99. The number of carbonyl (C=O) groups is 2. The van der Waals surface area contributed by atoms with E-state index < -0.39 is 5.91 Å². The van der Waals surface area contributed by atoms with Gasteiger partial charge in [0.05, 0.1) is 10.9 Å². The van der Waals surface area contributed by atoms with E-state index in [2.05, 4.69) is 10.5 Å². The number of nitrogens with two attached hydrogens (primary N) is 1. The van der Waals surface area contributed by atoms with Gasteiger partial charge in [0.25, 0.3) is 5.91 Å². The van der Waals surface area contributed by atoms with E-state index in [1.54, 1.807) is 24.3 Å². The molecular weight excluding hydrogens is 366 g/mol. The van der Waals surface area contributed by atoms with Gasteiger partial charge in [-0.1, -0.05) is 53.2 Å². The lowest BCUT2D eigenvalue weighted by Crippen LogP contribution is -2.23. The fourth-order valence-electron chi connectivity index (χ4n) is 3.35. The normalized spacial score (nSPS) is 10.8. The molecule has 0 saturated heterocycles. The Labute approximate surface area is 167 Å². The first-order valence-corrected chi connectivity index (χ1v) is 9.16. The topological polar surface area (TPSA) is 98.2 Å². The van der Waals surface area contributed by atoms with Crippen molar-refractivity contribution in [2.75, 3.05) is 0 Å². The molecule has 0 bridgehead atoms. The molecule has 0 aliphatic rings. The van der Waals surface area contributed by atoms with E-state index in [4.69, 9.17) is 10.3 Å². The van der Waals surface area contributed by atoms with Crippen molar-refractivity contribution >= 4 is 22.8 Å². The summed E-state index contributed by atoms with van der Waals surface area (Å²) in [5.74, 6) is -0.711. The lowest BCUT2D eigenvalue weighted by Gasteiger charge is -2.10. The predicted octanol–water partition coefficient (Wildman–Crippen LogP) is 3.83. The van der Waals surface area contributed by atoms with Crippen LogP contribution in [0, 0.1) is 6.92 Å². The summed E-state index contributed by atoms with van der Waals surface area (Å²) in [5.41, 5.74) is 10.1. The van der Waals surface area contributed by atoms with Crippen LogP contribution in [0.25, 0.3) is 22.2 Å². The van der Waals surface area contributed by atoms with Crippen molar-refractivity contribution in [2.24, 2.45) is 5.73 Å². The molecule has 0 saturated carbocycles. The highest BCUT2D eigenvalue weighted by molar-refractivity contribution is 6.10. The van der Waals surface area contributed by atoms with E-state index in [-0.39, 0.29) is 5.91 Å². The number of aromatic nitrogens is 1. The molecule has 0 fully saturated rings. The van der Waals surface area contributed by atoms with Crippen molar-refractivity contribution in [2.45, 2.75) is 13.5 Å². The average Bonchev–Trinajstić information content (AvgIpc) is 3.16. The number of benzene rings is 3. The standard InChI is InChI=1S/C23H19N3O3/c1-14-6-4-8-15(12-14)23(28)25-13-16-7-2-3-9-17(16)21-20-18(22(24)27)10-5-11-19(20)29-26-21/h2-12H,13H2,1H3,(H2,24,27)(H,25,28). The van der Waals surface area contributed by atoms with Crippen LogP contribution in [-0.2, 0) is 6.54 Å². The smallest absolute Gasteiger partial charge is 0.251 e. The van der Waals surface area contributed by atoms with Gasteiger partial charge in [-0.3, -0.25) is 9.59 Å². The molecule has 6 heteroatoms. The SMILES string of the molecule is Cc1cccc(C(=O)NCc2ccccc2-c2noc3cccc(C(N)=O)c23)c1. The Morgan fingerprint density at radius 3 is 2.62 bits per heavy atom. The van der Waals surface area contributed by atoms with Crippen LogP contribution >= 0.6 is 0 Å². The fraction of sp³-hybridized carbons (Fsp3) is 0.0870. The van der Waals surface area contributed by atoms with Crippen LogP contribution in [0.1, 0.15) is 31.8 Å². The van der Waals surface area contributed by atoms with E-state index >= 15 is 0 Å². The molecule has 1 aromatic heterocycles. The van der Waals surface area contributed by atoms with Gasteiger partial charge in [-0.15, -0.1) is 0 Å². The molecule has 4 aromatic rings. The zero-order valence-electron chi connectivity index (χ0n) is 15.8. The zero-order valence-corrected chi connectivity index (χ0v) is 15.8. The van der Waals surface area contributed by atoms with Gasteiger partial charge in [0.1, 0.15) is 5.69 Å². The van der Waals surface area contributed by atoms with Crippen LogP contribution in [0.15, 0.2) is 71.3 Å². The molecule has 6 nitrogen and oxygen atoms in total. The Hall–Kier alpha value is -3.93. The minimum Gasteiger partial charge on any atom is -0.366 e. The molecule has 29 heavy (non-hydrogen) atoms. The maximum Gasteiger partial charge on any atom is 0.251 e. The highest BCUT2D eigenvalue weighted by atomic mass is 16.5. The molecule has 0 radical (unpaired) electrons. The third-order valence-electron chi connectivity index (χ3n) is 4.76. The first kappa shape index (κ1) is 18.4. The fourth-order valence-corrected chi connectivity index (χ4v) is 3.35. The van der Waals surface area contributed by atoms with Gasteiger partial charge >= 0.3 is 0 Å². The quantitative estimate of drug-likeness (QED) is 0.545. The first-order valence-electron chi connectivity index (χ1n) is 9.16. The van der Waals surface area contributed by atoms with Crippen molar-refractivity contribution in [3.63, 3.8) is 0 Å². The highest BCUT2D eigenvalue weighted by Gasteiger charge is 2.19.